The molecule has 0 saturated heterocycles. The number of amides is 1. The zero-order chi connectivity index (χ0) is 18.8. The second-order valence-electron chi connectivity index (χ2n) is 6.63. The summed E-state index contributed by atoms with van der Waals surface area (Å²) in [7, 11) is 0. The van der Waals surface area contributed by atoms with Gasteiger partial charge in [0.05, 0.1) is 0 Å². The molecular formula is C18H27NO5. The molecule has 0 unspecified atom stereocenters. The summed E-state index contributed by atoms with van der Waals surface area (Å²) in [6.45, 7) is 11.3. The van der Waals surface area contributed by atoms with E-state index in [1.54, 1.807) is 0 Å². The first-order valence-electron chi connectivity index (χ1n) is 7.55. The van der Waals surface area contributed by atoms with Crippen LogP contribution in [0.4, 0.5) is 9.59 Å². The van der Waals surface area contributed by atoms with Crippen LogP contribution in [-0.4, -0.2) is 33.6 Å². The van der Waals surface area contributed by atoms with Crippen LogP contribution < -0.4 is 5.32 Å². The summed E-state index contributed by atoms with van der Waals surface area (Å²) >= 11 is 0. The molecule has 1 aromatic rings. The maximum Gasteiger partial charge on any atom is 0.503 e. The minimum Gasteiger partial charge on any atom is -0.450 e. The third-order valence-electron chi connectivity index (χ3n) is 2.83. The Balaban J connectivity index is 0.00000118. The zero-order valence-electron chi connectivity index (χ0n) is 14.7. The van der Waals surface area contributed by atoms with Crippen molar-refractivity contribution in [3.05, 3.63) is 48.6 Å². The van der Waals surface area contributed by atoms with Crippen LogP contribution in [-0.2, 0) is 11.2 Å². The Morgan fingerprint density at radius 1 is 1.17 bits per heavy atom. The van der Waals surface area contributed by atoms with Gasteiger partial charge in [-0.3, -0.25) is 0 Å². The van der Waals surface area contributed by atoms with Crippen LogP contribution in [0, 0.1) is 0 Å². The summed E-state index contributed by atoms with van der Waals surface area (Å²) in [5.74, 6) is 0. The average molecular weight is 337 g/mol. The van der Waals surface area contributed by atoms with Gasteiger partial charge in [0.25, 0.3) is 0 Å². The molecule has 0 heterocycles. The summed E-state index contributed by atoms with van der Waals surface area (Å²) in [6.07, 6.45) is 1.01. The highest BCUT2D eigenvalue weighted by molar-refractivity contribution is 5.68. The number of rotatable bonds is 5. The van der Waals surface area contributed by atoms with Gasteiger partial charge in [0.1, 0.15) is 5.60 Å². The molecule has 1 rings (SSSR count). The van der Waals surface area contributed by atoms with Crippen LogP contribution in [0.3, 0.4) is 0 Å². The lowest BCUT2D eigenvalue weighted by Gasteiger charge is -2.31. The van der Waals surface area contributed by atoms with Crippen molar-refractivity contribution in [1.82, 2.24) is 5.32 Å². The van der Waals surface area contributed by atoms with Crippen molar-refractivity contribution in [2.75, 3.05) is 0 Å². The van der Waals surface area contributed by atoms with E-state index in [1.807, 2.05) is 52.0 Å². The van der Waals surface area contributed by atoms with Crippen LogP contribution in [0.1, 0.15) is 39.7 Å². The number of carboxylic acid groups (broad SMARTS) is 2. The van der Waals surface area contributed by atoms with Gasteiger partial charge in [-0.1, -0.05) is 36.4 Å². The van der Waals surface area contributed by atoms with Crippen LogP contribution in [0.5, 0.6) is 0 Å². The molecule has 0 aliphatic rings. The molecule has 24 heavy (non-hydrogen) atoms. The van der Waals surface area contributed by atoms with E-state index in [9.17, 15) is 4.79 Å². The molecule has 0 bridgehead atoms. The average Bonchev–Trinajstić information content (AvgIpc) is 2.36. The van der Waals surface area contributed by atoms with E-state index >= 15 is 0 Å². The Kier molecular flexibility index (Phi) is 8.60. The van der Waals surface area contributed by atoms with E-state index in [1.165, 1.54) is 5.56 Å². The minimum absolute atomic E-state index is 0.391. The standard InChI is InChI=1S/C17H25NO2.CH2O3/c1-6-12-17(5,13-14-10-8-7-9-11-14)18-15(19)20-16(2,3)4;2-1(3)4/h6-11H,1,12-13H2,2-5H3,(H,18,19);(H2,2,3,4)/t17-;/m0./s1. The van der Waals surface area contributed by atoms with Gasteiger partial charge in [-0.2, -0.15) is 0 Å². The minimum atomic E-state index is -1.83. The lowest BCUT2D eigenvalue weighted by molar-refractivity contribution is 0.0464. The molecule has 0 aromatic heterocycles. The van der Waals surface area contributed by atoms with Gasteiger partial charge in [0, 0.05) is 5.54 Å². The summed E-state index contributed by atoms with van der Waals surface area (Å²) in [4.78, 5) is 20.5. The molecule has 0 saturated carbocycles. The molecule has 0 radical (unpaired) electrons. The van der Waals surface area contributed by atoms with E-state index < -0.39 is 23.4 Å². The highest BCUT2D eigenvalue weighted by Crippen LogP contribution is 2.19. The molecule has 6 nitrogen and oxygen atoms in total. The van der Waals surface area contributed by atoms with Gasteiger partial charge in [-0.25, -0.2) is 9.59 Å². The number of carbonyl (C=O) groups excluding carboxylic acids is 1. The number of alkyl carbamates (subject to hydrolysis) is 1. The maximum atomic E-state index is 12.0. The van der Waals surface area contributed by atoms with Crippen molar-refractivity contribution in [2.24, 2.45) is 0 Å². The van der Waals surface area contributed by atoms with Gasteiger partial charge < -0.3 is 20.3 Å². The van der Waals surface area contributed by atoms with Crippen LogP contribution in [0.15, 0.2) is 43.0 Å². The van der Waals surface area contributed by atoms with Crippen LogP contribution in [0.2, 0.25) is 0 Å². The second kappa shape index (κ2) is 9.60. The van der Waals surface area contributed by atoms with Crippen molar-refractivity contribution < 1.29 is 24.5 Å². The van der Waals surface area contributed by atoms with Gasteiger partial charge in [0.2, 0.25) is 0 Å². The number of hydrogen-bond donors (Lipinski definition) is 3. The molecule has 1 amide bonds. The molecule has 1 aromatic carbocycles. The number of benzene rings is 1. The first-order valence-corrected chi connectivity index (χ1v) is 7.55. The Morgan fingerprint density at radius 3 is 2.08 bits per heavy atom. The fraction of sp³-hybridized carbons (Fsp3) is 0.444. The molecule has 3 N–H and O–H groups in total. The van der Waals surface area contributed by atoms with E-state index in [2.05, 4.69) is 24.0 Å². The van der Waals surface area contributed by atoms with Gasteiger partial charge >= 0.3 is 12.2 Å². The van der Waals surface area contributed by atoms with Crippen molar-refractivity contribution in [2.45, 2.75) is 51.7 Å². The molecule has 0 aliphatic heterocycles. The third kappa shape index (κ3) is 11.1. The van der Waals surface area contributed by atoms with Crippen molar-refractivity contribution >= 4 is 12.2 Å². The van der Waals surface area contributed by atoms with E-state index in [-0.39, 0.29) is 0 Å². The van der Waals surface area contributed by atoms with Gasteiger partial charge in [-0.15, -0.1) is 6.58 Å². The lowest BCUT2D eigenvalue weighted by Crippen LogP contribution is -2.49. The predicted octanol–water partition coefficient (Wildman–Crippen LogP) is 4.31. The fourth-order valence-electron chi connectivity index (χ4n) is 2.08. The number of carbonyl (C=O) groups is 2. The molecule has 6 heteroatoms. The number of hydrogen-bond acceptors (Lipinski definition) is 3. The fourth-order valence-corrected chi connectivity index (χ4v) is 2.08. The monoisotopic (exact) mass is 337 g/mol. The highest BCUT2D eigenvalue weighted by atomic mass is 16.6. The molecule has 0 aliphatic carbocycles. The smallest absolute Gasteiger partial charge is 0.450 e. The molecule has 0 spiro atoms. The first kappa shape index (κ1) is 21.5. The van der Waals surface area contributed by atoms with E-state index in [0.29, 0.717) is 6.42 Å². The van der Waals surface area contributed by atoms with Crippen molar-refractivity contribution in [3.63, 3.8) is 0 Å². The first-order chi connectivity index (χ1) is 11.0. The van der Waals surface area contributed by atoms with Crippen molar-refractivity contribution in [1.29, 1.82) is 0 Å². The lowest BCUT2D eigenvalue weighted by atomic mass is 9.89. The number of nitrogens with one attached hydrogen (secondary N) is 1. The predicted molar refractivity (Wildman–Crippen MR) is 93.4 cm³/mol. The number of ether oxygens (including phenoxy) is 1. The topological polar surface area (TPSA) is 95.9 Å². The Bertz CT molecular complexity index is 532. The molecule has 134 valence electrons. The van der Waals surface area contributed by atoms with Gasteiger partial charge in [-0.05, 0) is 46.1 Å². The molecular weight excluding hydrogens is 310 g/mol. The van der Waals surface area contributed by atoms with Gasteiger partial charge in [0.15, 0.2) is 0 Å². The molecule has 0 fully saturated rings. The Morgan fingerprint density at radius 2 is 1.67 bits per heavy atom. The second-order valence-corrected chi connectivity index (χ2v) is 6.63. The highest BCUT2D eigenvalue weighted by Gasteiger charge is 2.28. The van der Waals surface area contributed by atoms with Crippen molar-refractivity contribution in [3.8, 4) is 0 Å². The summed E-state index contributed by atoms with van der Waals surface area (Å²) in [5.41, 5.74) is 0.282. The normalized spacial score (nSPS) is 12.8. The van der Waals surface area contributed by atoms with Crippen LogP contribution >= 0.6 is 0 Å². The SMILES string of the molecule is C=CC[C@@](C)(Cc1ccccc1)NC(=O)OC(C)(C)C.O=C(O)O. The summed E-state index contributed by atoms with van der Waals surface area (Å²) in [5, 5.41) is 16.9. The quantitative estimate of drug-likeness (QED) is 0.696. The summed E-state index contributed by atoms with van der Waals surface area (Å²) < 4.78 is 5.33. The zero-order valence-corrected chi connectivity index (χ0v) is 14.7. The van der Waals surface area contributed by atoms with Crippen LogP contribution in [0.25, 0.3) is 0 Å². The summed E-state index contributed by atoms with van der Waals surface area (Å²) in [6, 6.07) is 10.1. The van der Waals surface area contributed by atoms with E-state index in [0.717, 1.165) is 6.42 Å². The Labute approximate surface area is 143 Å². The largest absolute Gasteiger partial charge is 0.503 e. The third-order valence-corrected chi connectivity index (χ3v) is 2.83. The van der Waals surface area contributed by atoms with E-state index in [4.69, 9.17) is 19.7 Å². The molecule has 1 atom stereocenters. The maximum absolute atomic E-state index is 12.0. The Hall–Kier alpha value is -2.50.